The molecule has 0 aliphatic carbocycles. The van der Waals surface area contributed by atoms with Gasteiger partial charge in [0.2, 0.25) is 5.91 Å². The van der Waals surface area contributed by atoms with Crippen molar-refractivity contribution in [2.24, 2.45) is 0 Å². The Hall–Kier alpha value is -4.37. The first-order valence-corrected chi connectivity index (χ1v) is 12.0. The molecule has 2 aromatic heterocycles. The molecule has 1 fully saturated rings. The molecule has 2 aromatic carbocycles. The van der Waals surface area contributed by atoms with Crippen LogP contribution in [0.2, 0.25) is 5.02 Å². The van der Waals surface area contributed by atoms with Gasteiger partial charge in [0.15, 0.2) is 0 Å². The van der Waals surface area contributed by atoms with E-state index >= 15 is 0 Å². The van der Waals surface area contributed by atoms with Crippen molar-refractivity contribution in [1.29, 1.82) is 0 Å². The van der Waals surface area contributed by atoms with Crippen molar-refractivity contribution in [2.45, 2.75) is 12.6 Å². The van der Waals surface area contributed by atoms with Gasteiger partial charge in [-0.25, -0.2) is 9.97 Å². The van der Waals surface area contributed by atoms with E-state index in [1.165, 1.54) is 12.4 Å². The zero-order chi connectivity index (χ0) is 25.8. The highest BCUT2D eigenvalue weighted by atomic mass is 35.5. The summed E-state index contributed by atoms with van der Waals surface area (Å²) in [6.45, 7) is 5.05. The Balaban J connectivity index is 1.34. The minimum absolute atomic E-state index is 0.0739. The number of nitrogens with one attached hydrogen (secondary N) is 2. The number of carbonyl (C=O) groups excluding carboxylic acids is 1. The molecule has 4 aromatic rings. The van der Waals surface area contributed by atoms with E-state index in [1.807, 2.05) is 36.4 Å². The van der Waals surface area contributed by atoms with Gasteiger partial charge in [-0.05, 0) is 42.5 Å². The van der Waals surface area contributed by atoms with Crippen molar-refractivity contribution < 1.29 is 14.3 Å². The zero-order valence-electron chi connectivity index (χ0n) is 20.1. The van der Waals surface area contributed by atoms with Gasteiger partial charge in [0, 0.05) is 36.4 Å². The molecular weight excluding hydrogens is 492 g/mol. The van der Waals surface area contributed by atoms with E-state index < -0.39 is 0 Å². The number of hydrogen-bond acceptors (Lipinski definition) is 8. The average molecular weight is 517 g/mol. The van der Waals surface area contributed by atoms with Gasteiger partial charge in [0.05, 0.1) is 35.1 Å². The predicted octanol–water partition coefficient (Wildman–Crippen LogP) is 4.82. The van der Waals surface area contributed by atoms with Crippen LogP contribution in [-0.2, 0) is 11.4 Å². The molecule has 0 atom stereocenters. The SMILES string of the molecule is C=CC(=O)N1CC(Nc2cc3c(Nc4ccc(OCc5ccccn5)c(Cl)c4)ncnc3cc2OC)C1. The van der Waals surface area contributed by atoms with Crippen LogP contribution in [0.3, 0.4) is 0 Å². The molecule has 9 nitrogen and oxygen atoms in total. The fourth-order valence-electron chi connectivity index (χ4n) is 4.03. The summed E-state index contributed by atoms with van der Waals surface area (Å²) in [5.41, 5.74) is 3.08. The molecule has 0 saturated carbocycles. The minimum Gasteiger partial charge on any atom is -0.495 e. The number of anilines is 3. The zero-order valence-corrected chi connectivity index (χ0v) is 20.9. The highest BCUT2D eigenvalue weighted by molar-refractivity contribution is 6.32. The van der Waals surface area contributed by atoms with E-state index in [4.69, 9.17) is 21.1 Å². The van der Waals surface area contributed by atoms with Gasteiger partial charge in [-0.3, -0.25) is 9.78 Å². The summed E-state index contributed by atoms with van der Waals surface area (Å²) in [6, 6.07) is 15.0. The van der Waals surface area contributed by atoms with Crippen LogP contribution < -0.4 is 20.1 Å². The molecule has 37 heavy (non-hydrogen) atoms. The number of likely N-dealkylation sites (tertiary alicyclic amines) is 1. The fourth-order valence-corrected chi connectivity index (χ4v) is 4.27. The number of rotatable bonds is 9. The lowest BCUT2D eigenvalue weighted by Gasteiger charge is -2.39. The number of amides is 1. The molecule has 1 aliphatic rings. The van der Waals surface area contributed by atoms with E-state index in [2.05, 4.69) is 32.2 Å². The highest BCUT2D eigenvalue weighted by Gasteiger charge is 2.29. The standard InChI is InChI=1S/C27H25ClN6O3/c1-3-26(35)34-13-19(14-34)32-23-11-20-22(12-25(23)36-2)30-16-31-27(20)33-17-7-8-24(21(28)10-17)37-15-18-6-4-5-9-29-18/h3-12,16,19,32H,1,13-15H2,2H3,(H,30,31,33). The van der Waals surface area contributed by atoms with Crippen LogP contribution in [0.15, 0.2) is 73.7 Å². The largest absolute Gasteiger partial charge is 0.495 e. The quantitative estimate of drug-likeness (QED) is 0.305. The first-order chi connectivity index (χ1) is 18.0. The number of fused-ring (bicyclic) bond motifs is 1. The number of ether oxygens (including phenoxy) is 2. The molecule has 3 heterocycles. The lowest BCUT2D eigenvalue weighted by Crippen LogP contribution is -2.56. The van der Waals surface area contributed by atoms with Crippen LogP contribution in [-0.4, -0.2) is 52.0 Å². The molecule has 0 unspecified atom stereocenters. The Bertz CT molecular complexity index is 1440. The van der Waals surface area contributed by atoms with E-state index in [0.29, 0.717) is 42.0 Å². The van der Waals surface area contributed by atoms with Crippen molar-refractivity contribution >= 4 is 45.6 Å². The van der Waals surface area contributed by atoms with Gasteiger partial charge in [0.25, 0.3) is 0 Å². The second-order valence-electron chi connectivity index (χ2n) is 8.46. The smallest absolute Gasteiger partial charge is 0.246 e. The van der Waals surface area contributed by atoms with Crippen LogP contribution in [0, 0.1) is 0 Å². The van der Waals surface area contributed by atoms with Gasteiger partial charge in [0.1, 0.15) is 30.3 Å². The number of benzene rings is 2. The Morgan fingerprint density at radius 3 is 2.76 bits per heavy atom. The molecule has 188 valence electrons. The first-order valence-electron chi connectivity index (χ1n) is 11.6. The second kappa shape index (κ2) is 10.7. The maximum atomic E-state index is 11.8. The van der Waals surface area contributed by atoms with Gasteiger partial charge in [-0.15, -0.1) is 0 Å². The molecule has 1 amide bonds. The molecule has 10 heteroatoms. The number of halogens is 1. The van der Waals surface area contributed by atoms with Crippen molar-refractivity contribution in [1.82, 2.24) is 19.9 Å². The minimum atomic E-state index is -0.0739. The second-order valence-corrected chi connectivity index (χ2v) is 8.87. The topological polar surface area (TPSA) is 102 Å². The Morgan fingerprint density at radius 1 is 1.16 bits per heavy atom. The fraction of sp³-hybridized carbons (Fsp3) is 0.185. The lowest BCUT2D eigenvalue weighted by atomic mass is 10.1. The summed E-state index contributed by atoms with van der Waals surface area (Å²) >= 11 is 6.49. The van der Waals surface area contributed by atoms with Crippen LogP contribution in [0.1, 0.15) is 5.69 Å². The van der Waals surface area contributed by atoms with Crippen molar-refractivity contribution in [2.75, 3.05) is 30.8 Å². The Labute approximate surface area is 219 Å². The number of methoxy groups -OCH3 is 1. The average Bonchev–Trinajstić information content (AvgIpc) is 2.90. The summed E-state index contributed by atoms with van der Waals surface area (Å²) in [6.07, 6.45) is 4.54. The number of hydrogen-bond donors (Lipinski definition) is 2. The lowest BCUT2D eigenvalue weighted by molar-refractivity contribution is -0.129. The molecule has 5 rings (SSSR count). The third kappa shape index (κ3) is 5.41. The molecule has 1 aliphatic heterocycles. The summed E-state index contributed by atoms with van der Waals surface area (Å²) < 4.78 is 11.4. The number of pyridine rings is 1. The van der Waals surface area contributed by atoms with Crippen LogP contribution in [0.4, 0.5) is 17.2 Å². The van der Waals surface area contributed by atoms with E-state index in [1.54, 1.807) is 30.3 Å². The Kier molecular flexibility index (Phi) is 7.04. The van der Waals surface area contributed by atoms with Crippen LogP contribution >= 0.6 is 11.6 Å². The van der Waals surface area contributed by atoms with Crippen molar-refractivity contribution in [3.8, 4) is 11.5 Å². The summed E-state index contributed by atoms with van der Waals surface area (Å²) in [5, 5.41) is 8.05. The number of nitrogens with zero attached hydrogens (tertiary/aromatic N) is 4. The van der Waals surface area contributed by atoms with E-state index in [-0.39, 0.29) is 11.9 Å². The maximum Gasteiger partial charge on any atom is 0.246 e. The molecule has 2 N–H and O–H groups in total. The molecular formula is C27H25ClN6O3. The van der Waals surface area contributed by atoms with Gasteiger partial charge in [-0.1, -0.05) is 24.2 Å². The van der Waals surface area contributed by atoms with Crippen molar-refractivity contribution in [3.05, 3.63) is 84.4 Å². The van der Waals surface area contributed by atoms with Gasteiger partial charge >= 0.3 is 0 Å². The van der Waals surface area contributed by atoms with E-state index in [0.717, 1.165) is 28.0 Å². The number of aromatic nitrogens is 3. The van der Waals surface area contributed by atoms with Crippen LogP contribution in [0.25, 0.3) is 10.9 Å². The molecule has 0 radical (unpaired) electrons. The summed E-state index contributed by atoms with van der Waals surface area (Å²) in [4.78, 5) is 26.6. The molecule has 1 saturated heterocycles. The third-order valence-corrected chi connectivity index (χ3v) is 6.28. The van der Waals surface area contributed by atoms with Crippen LogP contribution in [0.5, 0.6) is 11.5 Å². The molecule has 0 bridgehead atoms. The summed E-state index contributed by atoms with van der Waals surface area (Å²) in [7, 11) is 1.61. The molecule has 0 spiro atoms. The highest BCUT2D eigenvalue weighted by Crippen LogP contribution is 2.35. The maximum absolute atomic E-state index is 11.8. The van der Waals surface area contributed by atoms with Gasteiger partial charge in [-0.2, -0.15) is 0 Å². The normalized spacial score (nSPS) is 13.1. The van der Waals surface area contributed by atoms with Crippen molar-refractivity contribution in [3.63, 3.8) is 0 Å². The predicted molar refractivity (Wildman–Crippen MR) is 144 cm³/mol. The van der Waals surface area contributed by atoms with Gasteiger partial charge < -0.3 is 25.0 Å². The third-order valence-electron chi connectivity index (χ3n) is 5.98. The summed E-state index contributed by atoms with van der Waals surface area (Å²) in [5.74, 6) is 1.76. The Morgan fingerprint density at radius 2 is 2.03 bits per heavy atom. The monoisotopic (exact) mass is 516 g/mol. The number of carbonyl (C=O) groups is 1. The van der Waals surface area contributed by atoms with E-state index in [9.17, 15) is 4.79 Å². The first kappa shape index (κ1) is 24.3.